The summed E-state index contributed by atoms with van der Waals surface area (Å²) in [5.74, 6) is -2.04. The van der Waals surface area contributed by atoms with Gasteiger partial charge in [0.15, 0.2) is 0 Å². The molecule has 0 aliphatic rings. The Hall–Kier alpha value is -2.26. The number of amides is 1. The van der Waals surface area contributed by atoms with Crippen molar-refractivity contribution in [3.8, 4) is 0 Å². The van der Waals surface area contributed by atoms with E-state index in [2.05, 4.69) is 10.3 Å². The van der Waals surface area contributed by atoms with Crippen LogP contribution in [0.4, 0.5) is 0 Å². The normalized spacial score (nSPS) is 12.2. The van der Waals surface area contributed by atoms with Crippen LogP contribution in [0.1, 0.15) is 0 Å². The summed E-state index contributed by atoms with van der Waals surface area (Å²) in [5, 5.41) is 21.7. The van der Waals surface area contributed by atoms with Crippen molar-refractivity contribution in [1.82, 2.24) is 14.9 Å². The highest BCUT2D eigenvalue weighted by Gasteiger charge is 2.19. The molecule has 0 spiro atoms. The van der Waals surface area contributed by atoms with Gasteiger partial charge >= 0.3 is 5.97 Å². The average Bonchev–Trinajstić information content (AvgIpc) is 2.88. The monoisotopic (exact) mass is 297 g/mol. The van der Waals surface area contributed by atoms with Gasteiger partial charge in [-0.2, -0.15) is 0 Å². The van der Waals surface area contributed by atoms with Crippen molar-refractivity contribution in [2.45, 2.75) is 12.6 Å². The molecule has 0 aromatic carbocycles. The molecule has 1 unspecified atom stereocenters. The number of rotatable bonds is 5. The lowest BCUT2D eigenvalue weighted by molar-refractivity contribution is -0.143. The van der Waals surface area contributed by atoms with Gasteiger partial charge in [-0.05, 0) is 11.4 Å². The van der Waals surface area contributed by atoms with E-state index in [4.69, 9.17) is 10.2 Å². The number of carboxylic acid groups (broad SMARTS) is 1. The Morgan fingerprint density at radius 1 is 1.50 bits per heavy atom. The van der Waals surface area contributed by atoms with Gasteiger partial charge in [0.05, 0.1) is 18.3 Å². The molecule has 0 bridgehead atoms. The Morgan fingerprint density at radius 2 is 2.25 bits per heavy atom. The van der Waals surface area contributed by atoms with E-state index in [-0.39, 0.29) is 12.1 Å². The molecule has 20 heavy (non-hydrogen) atoms. The minimum absolute atomic E-state index is 0.360. The smallest absolute Gasteiger partial charge is 0.328 e. The maximum atomic E-state index is 12.0. The number of hydrogen-bond donors (Lipinski definition) is 3. The summed E-state index contributed by atoms with van der Waals surface area (Å²) in [6.07, 6.45) is 1.23. The number of carboxylic acids is 1. The Morgan fingerprint density at radius 3 is 2.90 bits per heavy atom. The van der Waals surface area contributed by atoms with Crippen LogP contribution in [0, 0.1) is 0 Å². The lowest BCUT2D eigenvalue weighted by Crippen LogP contribution is -2.45. The summed E-state index contributed by atoms with van der Waals surface area (Å²) in [4.78, 5) is 38.9. The zero-order valence-corrected chi connectivity index (χ0v) is 11.0. The number of aliphatic hydroxyl groups is 1. The van der Waals surface area contributed by atoms with E-state index >= 15 is 0 Å². The van der Waals surface area contributed by atoms with Gasteiger partial charge in [0.1, 0.15) is 17.4 Å². The molecule has 1 amide bonds. The van der Waals surface area contributed by atoms with Gasteiger partial charge in [-0.1, -0.05) is 0 Å². The molecular formula is C11H11N3O5S. The van der Waals surface area contributed by atoms with Crippen LogP contribution >= 0.6 is 11.3 Å². The molecule has 0 fully saturated rings. The summed E-state index contributed by atoms with van der Waals surface area (Å²) in [7, 11) is 0. The van der Waals surface area contributed by atoms with Crippen LogP contribution in [0.3, 0.4) is 0 Å². The third-order valence-electron chi connectivity index (χ3n) is 2.58. The molecule has 3 N–H and O–H groups in total. The first kappa shape index (κ1) is 14.2. The number of aliphatic hydroxyl groups excluding tert-OH is 1. The van der Waals surface area contributed by atoms with E-state index in [0.717, 1.165) is 4.57 Å². The minimum atomic E-state index is -1.39. The van der Waals surface area contributed by atoms with Crippen LogP contribution in [0.15, 0.2) is 22.6 Å². The predicted octanol–water partition coefficient (Wildman–Crippen LogP) is -0.980. The minimum Gasteiger partial charge on any atom is -0.480 e. The van der Waals surface area contributed by atoms with E-state index in [9.17, 15) is 14.4 Å². The van der Waals surface area contributed by atoms with Crippen LogP contribution in [-0.2, 0) is 16.1 Å². The first-order chi connectivity index (χ1) is 9.52. The van der Waals surface area contributed by atoms with Crippen LogP contribution in [0.2, 0.25) is 0 Å². The average molecular weight is 297 g/mol. The molecule has 2 heterocycles. The third kappa shape index (κ3) is 2.83. The molecule has 0 saturated carbocycles. The Bertz CT molecular complexity index is 707. The van der Waals surface area contributed by atoms with Crippen molar-refractivity contribution in [1.29, 1.82) is 0 Å². The van der Waals surface area contributed by atoms with Crippen molar-refractivity contribution < 1.29 is 19.8 Å². The number of aromatic nitrogens is 2. The number of nitrogens with one attached hydrogen (secondary N) is 1. The van der Waals surface area contributed by atoms with Crippen LogP contribution in [0.25, 0.3) is 10.2 Å². The fraction of sp³-hybridized carbons (Fsp3) is 0.273. The number of carbonyl (C=O) groups excluding carboxylic acids is 1. The first-order valence-electron chi connectivity index (χ1n) is 5.58. The van der Waals surface area contributed by atoms with Gasteiger partial charge in [0, 0.05) is 0 Å². The molecule has 106 valence electrons. The number of aliphatic carboxylic acids is 1. The maximum absolute atomic E-state index is 12.0. The summed E-state index contributed by atoms with van der Waals surface area (Å²) < 4.78 is 1.08. The number of hydrogen-bond acceptors (Lipinski definition) is 6. The summed E-state index contributed by atoms with van der Waals surface area (Å²) in [6, 6.07) is 0.216. The highest BCUT2D eigenvalue weighted by Crippen LogP contribution is 2.13. The molecule has 0 aliphatic heterocycles. The fourth-order valence-corrected chi connectivity index (χ4v) is 2.31. The van der Waals surface area contributed by atoms with Crippen molar-refractivity contribution in [3.05, 3.63) is 28.1 Å². The SMILES string of the molecule is O=C(Cn1cnc2sccc2c1=O)NC(CO)C(=O)O. The van der Waals surface area contributed by atoms with E-state index in [0.29, 0.717) is 10.2 Å². The second-order valence-corrected chi connectivity index (χ2v) is 4.85. The zero-order valence-electron chi connectivity index (χ0n) is 10.1. The van der Waals surface area contributed by atoms with Gasteiger partial charge < -0.3 is 15.5 Å². The third-order valence-corrected chi connectivity index (χ3v) is 3.40. The highest BCUT2D eigenvalue weighted by atomic mass is 32.1. The first-order valence-corrected chi connectivity index (χ1v) is 6.46. The van der Waals surface area contributed by atoms with Gasteiger partial charge in [-0.25, -0.2) is 9.78 Å². The van der Waals surface area contributed by atoms with Gasteiger partial charge in [0.2, 0.25) is 5.91 Å². The maximum Gasteiger partial charge on any atom is 0.328 e. The number of thiophene rings is 1. The molecular weight excluding hydrogens is 286 g/mol. The topological polar surface area (TPSA) is 122 Å². The lowest BCUT2D eigenvalue weighted by atomic mass is 10.3. The number of fused-ring (bicyclic) bond motifs is 1. The Kier molecular flexibility index (Phi) is 4.11. The van der Waals surface area contributed by atoms with E-state index in [1.807, 2.05) is 0 Å². The number of nitrogens with zero attached hydrogens (tertiary/aromatic N) is 2. The fourth-order valence-electron chi connectivity index (χ4n) is 1.59. The Labute approximate surface area is 116 Å². The van der Waals surface area contributed by atoms with Crippen molar-refractivity contribution >= 4 is 33.4 Å². The standard InChI is InChI=1S/C11H11N3O5S/c15-4-7(11(18)19)13-8(16)3-14-5-12-9-6(10(14)17)1-2-20-9/h1-2,5,7,15H,3-4H2,(H,13,16)(H,18,19). The van der Waals surface area contributed by atoms with Gasteiger partial charge in [0.25, 0.3) is 5.56 Å². The molecule has 0 aliphatic carbocycles. The van der Waals surface area contributed by atoms with Crippen molar-refractivity contribution in [2.75, 3.05) is 6.61 Å². The second-order valence-electron chi connectivity index (χ2n) is 3.96. The molecule has 0 saturated heterocycles. The summed E-state index contributed by atoms with van der Waals surface area (Å²) >= 11 is 1.31. The van der Waals surface area contributed by atoms with Gasteiger partial charge in [-0.15, -0.1) is 11.3 Å². The molecule has 2 aromatic heterocycles. The predicted molar refractivity (Wildman–Crippen MR) is 70.5 cm³/mol. The summed E-state index contributed by atoms with van der Waals surface area (Å²) in [6.45, 7) is -1.08. The van der Waals surface area contributed by atoms with E-state index in [1.165, 1.54) is 17.7 Å². The van der Waals surface area contributed by atoms with Crippen LogP contribution < -0.4 is 10.9 Å². The lowest BCUT2D eigenvalue weighted by Gasteiger charge is -2.12. The Balaban J connectivity index is 2.15. The molecule has 2 aromatic rings. The van der Waals surface area contributed by atoms with Gasteiger partial charge in [-0.3, -0.25) is 14.2 Å². The number of carbonyl (C=O) groups is 2. The van der Waals surface area contributed by atoms with Crippen molar-refractivity contribution in [2.24, 2.45) is 0 Å². The molecule has 0 radical (unpaired) electrons. The summed E-state index contributed by atoms with van der Waals surface area (Å²) in [5.41, 5.74) is -0.373. The van der Waals surface area contributed by atoms with E-state index in [1.54, 1.807) is 11.4 Å². The van der Waals surface area contributed by atoms with Crippen LogP contribution in [-0.4, -0.2) is 44.3 Å². The zero-order chi connectivity index (χ0) is 14.7. The van der Waals surface area contributed by atoms with Crippen molar-refractivity contribution in [3.63, 3.8) is 0 Å². The quantitative estimate of drug-likeness (QED) is 0.652. The highest BCUT2D eigenvalue weighted by molar-refractivity contribution is 7.16. The molecule has 1 atom stereocenters. The molecule has 2 rings (SSSR count). The molecule has 9 heteroatoms. The van der Waals surface area contributed by atoms with Crippen LogP contribution in [0.5, 0.6) is 0 Å². The molecule has 8 nitrogen and oxygen atoms in total. The largest absolute Gasteiger partial charge is 0.480 e. The van der Waals surface area contributed by atoms with E-state index < -0.39 is 24.5 Å². The second kappa shape index (κ2) is 5.80.